The molecule has 17 heavy (non-hydrogen) atoms. The number of nitrogens with zero attached hydrogens (tertiary/aromatic N) is 2. The summed E-state index contributed by atoms with van der Waals surface area (Å²) >= 11 is 0. The van der Waals surface area contributed by atoms with Crippen molar-refractivity contribution < 1.29 is 9.31 Å². The Labute approximate surface area is 95.9 Å². The van der Waals surface area contributed by atoms with Crippen molar-refractivity contribution in [2.75, 3.05) is 5.73 Å². The number of halogens is 1. The molecule has 5 nitrogen and oxygen atoms in total. The van der Waals surface area contributed by atoms with Crippen LogP contribution in [0.15, 0.2) is 36.5 Å². The summed E-state index contributed by atoms with van der Waals surface area (Å²) < 4.78 is 13.0. The molecule has 1 aromatic heterocycles. The lowest BCUT2D eigenvalue weighted by molar-refractivity contribution is -0.385. The second-order valence-corrected chi connectivity index (χ2v) is 3.39. The molecular weight excluding hydrogens is 225 g/mol. The third-order valence-electron chi connectivity index (χ3n) is 2.25. The summed E-state index contributed by atoms with van der Waals surface area (Å²) in [6, 6.07) is 6.92. The van der Waals surface area contributed by atoms with E-state index in [0.29, 0.717) is 11.1 Å². The van der Waals surface area contributed by atoms with Gasteiger partial charge in [-0.15, -0.1) is 0 Å². The molecule has 0 atom stereocenters. The van der Waals surface area contributed by atoms with Crippen LogP contribution in [0.2, 0.25) is 0 Å². The minimum absolute atomic E-state index is 0.126. The Morgan fingerprint density at radius 2 is 2.12 bits per heavy atom. The van der Waals surface area contributed by atoms with E-state index in [1.54, 1.807) is 6.07 Å². The van der Waals surface area contributed by atoms with E-state index < -0.39 is 10.7 Å². The highest BCUT2D eigenvalue weighted by molar-refractivity contribution is 5.75. The largest absolute Gasteiger partial charge is 0.383 e. The minimum atomic E-state index is -0.574. The van der Waals surface area contributed by atoms with Gasteiger partial charge in [0.25, 0.3) is 5.69 Å². The van der Waals surface area contributed by atoms with Gasteiger partial charge in [-0.2, -0.15) is 0 Å². The summed E-state index contributed by atoms with van der Waals surface area (Å²) in [5, 5.41) is 10.6. The van der Waals surface area contributed by atoms with Crippen LogP contribution in [-0.2, 0) is 0 Å². The van der Waals surface area contributed by atoms with Gasteiger partial charge in [0.1, 0.15) is 17.8 Å². The molecule has 0 saturated carbocycles. The number of anilines is 1. The third kappa shape index (κ3) is 2.20. The molecule has 0 amide bonds. The first kappa shape index (κ1) is 11.0. The highest BCUT2D eigenvalue weighted by Gasteiger charge is 2.12. The van der Waals surface area contributed by atoms with Crippen LogP contribution in [-0.4, -0.2) is 9.91 Å². The molecule has 0 unspecified atom stereocenters. The zero-order chi connectivity index (χ0) is 12.4. The number of aromatic nitrogens is 1. The van der Waals surface area contributed by atoms with Gasteiger partial charge in [-0.05, 0) is 17.7 Å². The lowest BCUT2D eigenvalue weighted by Gasteiger charge is -2.04. The molecule has 1 heterocycles. The Balaban J connectivity index is 2.58. The van der Waals surface area contributed by atoms with Crippen molar-refractivity contribution in [2.24, 2.45) is 0 Å². The van der Waals surface area contributed by atoms with Gasteiger partial charge in [-0.25, -0.2) is 9.37 Å². The lowest BCUT2D eigenvalue weighted by atomic mass is 10.1. The number of hydrogen-bond acceptors (Lipinski definition) is 4. The maximum atomic E-state index is 13.0. The molecule has 0 aliphatic carbocycles. The van der Waals surface area contributed by atoms with Crippen molar-refractivity contribution >= 4 is 11.5 Å². The van der Waals surface area contributed by atoms with E-state index in [1.165, 1.54) is 24.3 Å². The molecule has 0 aliphatic rings. The van der Waals surface area contributed by atoms with E-state index in [1.807, 2.05) is 0 Å². The van der Waals surface area contributed by atoms with E-state index in [9.17, 15) is 14.5 Å². The molecular formula is C11H8FN3O2. The van der Waals surface area contributed by atoms with Crippen LogP contribution in [0.25, 0.3) is 11.1 Å². The van der Waals surface area contributed by atoms with Gasteiger partial charge in [-0.1, -0.05) is 12.1 Å². The van der Waals surface area contributed by atoms with Crippen LogP contribution in [0.5, 0.6) is 0 Å². The Morgan fingerprint density at radius 3 is 2.76 bits per heavy atom. The summed E-state index contributed by atoms with van der Waals surface area (Å²) in [6.45, 7) is 0. The van der Waals surface area contributed by atoms with Gasteiger partial charge in [-0.3, -0.25) is 10.1 Å². The molecule has 0 saturated heterocycles. The van der Waals surface area contributed by atoms with Crippen LogP contribution in [0.3, 0.4) is 0 Å². The van der Waals surface area contributed by atoms with Gasteiger partial charge in [0, 0.05) is 11.6 Å². The van der Waals surface area contributed by atoms with Crippen molar-refractivity contribution in [3.05, 3.63) is 52.5 Å². The molecule has 0 bridgehead atoms. The number of rotatable bonds is 2. The molecule has 2 aromatic rings. The second-order valence-electron chi connectivity index (χ2n) is 3.39. The summed E-state index contributed by atoms with van der Waals surface area (Å²) in [7, 11) is 0. The van der Waals surface area contributed by atoms with E-state index in [4.69, 9.17) is 5.73 Å². The molecule has 0 spiro atoms. The number of nitro groups is 1. The Morgan fingerprint density at radius 1 is 1.35 bits per heavy atom. The Hall–Kier alpha value is -2.50. The van der Waals surface area contributed by atoms with Crippen LogP contribution in [0, 0.1) is 15.9 Å². The predicted molar refractivity (Wildman–Crippen MR) is 60.7 cm³/mol. The third-order valence-corrected chi connectivity index (χ3v) is 2.25. The molecule has 2 rings (SSSR count). The molecule has 2 N–H and O–H groups in total. The highest BCUT2D eigenvalue weighted by atomic mass is 19.1. The fourth-order valence-electron chi connectivity index (χ4n) is 1.45. The summed E-state index contributed by atoms with van der Waals surface area (Å²) in [5.74, 6) is -0.311. The second kappa shape index (κ2) is 4.17. The summed E-state index contributed by atoms with van der Waals surface area (Å²) in [4.78, 5) is 13.8. The van der Waals surface area contributed by atoms with E-state index in [-0.39, 0.29) is 11.5 Å². The molecule has 0 fully saturated rings. The number of hydrogen-bond donors (Lipinski definition) is 1. The van der Waals surface area contributed by atoms with Crippen molar-refractivity contribution in [1.29, 1.82) is 0 Å². The summed E-state index contributed by atoms with van der Waals surface area (Å²) in [6.07, 6.45) is 1.07. The van der Waals surface area contributed by atoms with Crippen molar-refractivity contribution in [3.63, 3.8) is 0 Å². The van der Waals surface area contributed by atoms with E-state index >= 15 is 0 Å². The first-order valence-corrected chi connectivity index (χ1v) is 4.74. The number of benzene rings is 1. The van der Waals surface area contributed by atoms with Crippen LogP contribution >= 0.6 is 0 Å². The maximum Gasteiger partial charge on any atom is 0.288 e. The monoisotopic (exact) mass is 233 g/mol. The van der Waals surface area contributed by atoms with Crippen LogP contribution in [0.1, 0.15) is 0 Å². The number of nitrogen functional groups attached to an aromatic ring is 1. The van der Waals surface area contributed by atoms with Gasteiger partial charge in [0.05, 0.1) is 4.92 Å². The van der Waals surface area contributed by atoms with E-state index in [0.717, 1.165) is 6.20 Å². The fraction of sp³-hybridized carbons (Fsp3) is 0. The molecule has 6 heteroatoms. The number of pyridine rings is 1. The summed E-state index contributed by atoms with van der Waals surface area (Å²) in [5.41, 5.74) is 6.24. The van der Waals surface area contributed by atoms with Crippen LogP contribution < -0.4 is 5.73 Å². The minimum Gasteiger partial charge on any atom is -0.383 e. The van der Waals surface area contributed by atoms with Gasteiger partial charge in [0.2, 0.25) is 0 Å². The lowest BCUT2D eigenvalue weighted by Crippen LogP contribution is -1.97. The zero-order valence-electron chi connectivity index (χ0n) is 8.63. The fourth-order valence-corrected chi connectivity index (χ4v) is 1.45. The molecule has 0 aliphatic heterocycles. The first-order chi connectivity index (χ1) is 8.08. The molecule has 0 radical (unpaired) electrons. The topological polar surface area (TPSA) is 82.0 Å². The van der Waals surface area contributed by atoms with Crippen molar-refractivity contribution in [1.82, 2.24) is 4.98 Å². The van der Waals surface area contributed by atoms with Crippen molar-refractivity contribution in [2.45, 2.75) is 0 Å². The quantitative estimate of drug-likeness (QED) is 0.637. The normalized spacial score (nSPS) is 10.2. The zero-order valence-corrected chi connectivity index (χ0v) is 8.63. The Bertz CT molecular complexity index is 587. The predicted octanol–water partition coefficient (Wildman–Crippen LogP) is 2.38. The molecule has 1 aromatic carbocycles. The number of nitrogens with two attached hydrogens (primary N) is 1. The smallest absolute Gasteiger partial charge is 0.288 e. The SMILES string of the molecule is Nc1ncc([N+](=O)[O-])cc1-c1cccc(F)c1. The molecule has 86 valence electrons. The maximum absolute atomic E-state index is 13.0. The Kier molecular flexibility index (Phi) is 2.70. The average molecular weight is 233 g/mol. The van der Waals surface area contributed by atoms with Gasteiger partial charge in [0.15, 0.2) is 0 Å². The van der Waals surface area contributed by atoms with Gasteiger partial charge >= 0.3 is 0 Å². The van der Waals surface area contributed by atoms with E-state index in [2.05, 4.69) is 4.98 Å². The van der Waals surface area contributed by atoms with Crippen LogP contribution in [0.4, 0.5) is 15.9 Å². The average Bonchev–Trinajstić information content (AvgIpc) is 2.29. The first-order valence-electron chi connectivity index (χ1n) is 4.74. The van der Waals surface area contributed by atoms with Crippen molar-refractivity contribution in [3.8, 4) is 11.1 Å². The van der Waals surface area contributed by atoms with Gasteiger partial charge < -0.3 is 5.73 Å². The highest BCUT2D eigenvalue weighted by Crippen LogP contribution is 2.28. The standard InChI is InChI=1S/C11H8FN3O2/c12-8-3-1-2-7(4-8)10-5-9(15(16)17)6-14-11(10)13/h1-6H,(H2,13,14).